The number of rotatable bonds is 2. The molecule has 4 rings (SSSR count). The van der Waals surface area contributed by atoms with Crippen LogP contribution in [0.15, 0.2) is 46.2 Å². The molecule has 1 aromatic carbocycles. The van der Waals surface area contributed by atoms with Crippen LogP contribution in [0.4, 0.5) is 4.39 Å². The van der Waals surface area contributed by atoms with Crippen LogP contribution in [0.25, 0.3) is 0 Å². The first kappa shape index (κ1) is 19.4. The van der Waals surface area contributed by atoms with Crippen LogP contribution in [0.3, 0.4) is 0 Å². The molecule has 1 fully saturated rings. The molecule has 4 nitrogen and oxygen atoms in total. The molecule has 0 aromatic heterocycles. The highest BCUT2D eigenvalue weighted by Gasteiger charge is 2.44. The SMILES string of the molecule is C=C1NC2=C(C(=O)CCC2)C(c2ccc(F)c(Br)c2)C1C(=O)N1CCCCC1. The van der Waals surface area contributed by atoms with Gasteiger partial charge in [0.25, 0.3) is 0 Å². The predicted molar refractivity (Wildman–Crippen MR) is 109 cm³/mol. The lowest BCUT2D eigenvalue weighted by Gasteiger charge is -2.41. The first-order valence-corrected chi connectivity index (χ1v) is 10.7. The number of allylic oxidation sites excluding steroid dienone is 2. The van der Waals surface area contributed by atoms with Gasteiger partial charge >= 0.3 is 0 Å². The minimum atomic E-state index is -0.559. The van der Waals surface area contributed by atoms with Crippen LogP contribution in [-0.4, -0.2) is 29.7 Å². The molecule has 1 aliphatic carbocycles. The number of carbonyl (C=O) groups is 2. The van der Waals surface area contributed by atoms with E-state index in [0.717, 1.165) is 56.5 Å². The van der Waals surface area contributed by atoms with Gasteiger partial charge in [0.2, 0.25) is 5.91 Å². The molecule has 1 amide bonds. The van der Waals surface area contributed by atoms with Crippen molar-refractivity contribution < 1.29 is 14.0 Å². The molecule has 3 aliphatic rings. The number of hydrogen-bond acceptors (Lipinski definition) is 3. The molecule has 0 bridgehead atoms. The number of hydrogen-bond donors (Lipinski definition) is 1. The van der Waals surface area contributed by atoms with Gasteiger partial charge in [0.1, 0.15) is 5.82 Å². The number of amides is 1. The highest BCUT2D eigenvalue weighted by molar-refractivity contribution is 9.10. The van der Waals surface area contributed by atoms with Crippen LogP contribution in [0, 0.1) is 11.7 Å². The zero-order chi connectivity index (χ0) is 19.8. The molecule has 2 aliphatic heterocycles. The summed E-state index contributed by atoms with van der Waals surface area (Å²) >= 11 is 3.26. The summed E-state index contributed by atoms with van der Waals surface area (Å²) in [5.74, 6) is -1.27. The lowest BCUT2D eigenvalue weighted by atomic mass is 9.71. The Labute approximate surface area is 173 Å². The molecule has 2 atom stereocenters. The largest absolute Gasteiger partial charge is 0.362 e. The second kappa shape index (κ2) is 7.82. The Balaban J connectivity index is 1.81. The van der Waals surface area contributed by atoms with Gasteiger partial charge in [-0.3, -0.25) is 9.59 Å². The van der Waals surface area contributed by atoms with Gasteiger partial charge in [0, 0.05) is 42.4 Å². The van der Waals surface area contributed by atoms with Crippen molar-refractivity contribution in [1.82, 2.24) is 10.2 Å². The molecule has 6 heteroatoms. The number of likely N-dealkylation sites (tertiary alicyclic amines) is 1. The van der Waals surface area contributed by atoms with E-state index in [2.05, 4.69) is 27.8 Å². The van der Waals surface area contributed by atoms with Crippen molar-refractivity contribution in [3.63, 3.8) is 0 Å². The van der Waals surface area contributed by atoms with E-state index < -0.39 is 11.8 Å². The van der Waals surface area contributed by atoms with Crippen molar-refractivity contribution in [2.45, 2.75) is 44.4 Å². The van der Waals surface area contributed by atoms with Crippen molar-refractivity contribution in [3.8, 4) is 0 Å². The van der Waals surface area contributed by atoms with Crippen LogP contribution in [-0.2, 0) is 9.59 Å². The van der Waals surface area contributed by atoms with E-state index in [4.69, 9.17) is 0 Å². The summed E-state index contributed by atoms with van der Waals surface area (Å²) in [6.07, 6.45) is 5.17. The van der Waals surface area contributed by atoms with Crippen molar-refractivity contribution >= 4 is 27.6 Å². The fourth-order valence-electron chi connectivity index (χ4n) is 4.66. The number of piperidine rings is 1. The third kappa shape index (κ3) is 3.43. The second-order valence-corrected chi connectivity index (χ2v) is 8.69. The van der Waals surface area contributed by atoms with Crippen LogP contribution in [0.1, 0.15) is 50.0 Å². The molecule has 2 unspecified atom stereocenters. The molecular formula is C22H24BrFN2O2. The van der Waals surface area contributed by atoms with E-state index in [0.29, 0.717) is 22.2 Å². The minimum Gasteiger partial charge on any atom is -0.362 e. The fraction of sp³-hybridized carbons (Fsp3) is 0.455. The van der Waals surface area contributed by atoms with Crippen molar-refractivity contribution in [2.75, 3.05) is 13.1 Å². The quantitative estimate of drug-likeness (QED) is 0.730. The van der Waals surface area contributed by atoms with Crippen molar-refractivity contribution in [2.24, 2.45) is 5.92 Å². The van der Waals surface area contributed by atoms with E-state index in [-0.39, 0.29) is 17.5 Å². The maximum absolute atomic E-state index is 13.9. The lowest BCUT2D eigenvalue weighted by Crippen LogP contribution is -2.47. The molecule has 1 aromatic rings. The molecule has 1 saturated heterocycles. The number of Topliss-reactive ketones (excluding diaryl/α,β-unsaturated/α-hetero) is 1. The maximum Gasteiger partial charge on any atom is 0.232 e. The number of ketones is 1. The van der Waals surface area contributed by atoms with Crippen molar-refractivity contribution in [3.05, 3.63) is 57.6 Å². The summed E-state index contributed by atoms with van der Waals surface area (Å²) in [5, 5.41) is 3.28. The fourth-order valence-corrected chi connectivity index (χ4v) is 5.06. The van der Waals surface area contributed by atoms with E-state index in [1.807, 2.05) is 4.90 Å². The third-order valence-corrected chi connectivity index (χ3v) is 6.63. The topological polar surface area (TPSA) is 49.4 Å². The average molecular weight is 447 g/mol. The van der Waals surface area contributed by atoms with Crippen LogP contribution in [0.2, 0.25) is 0 Å². The molecule has 0 spiro atoms. The van der Waals surface area contributed by atoms with Crippen LogP contribution in [0.5, 0.6) is 0 Å². The molecule has 148 valence electrons. The lowest BCUT2D eigenvalue weighted by molar-refractivity contribution is -0.136. The Morgan fingerprint density at radius 3 is 2.64 bits per heavy atom. The van der Waals surface area contributed by atoms with E-state index >= 15 is 0 Å². The van der Waals surface area contributed by atoms with Gasteiger partial charge in [-0.15, -0.1) is 0 Å². The summed E-state index contributed by atoms with van der Waals surface area (Å²) in [4.78, 5) is 28.3. The Morgan fingerprint density at radius 1 is 1.18 bits per heavy atom. The molecule has 28 heavy (non-hydrogen) atoms. The Morgan fingerprint density at radius 2 is 1.93 bits per heavy atom. The highest BCUT2D eigenvalue weighted by Crippen LogP contribution is 2.45. The molecule has 1 N–H and O–H groups in total. The second-order valence-electron chi connectivity index (χ2n) is 7.83. The zero-order valence-corrected chi connectivity index (χ0v) is 17.4. The van der Waals surface area contributed by atoms with E-state index in [1.54, 1.807) is 12.1 Å². The Kier molecular flexibility index (Phi) is 5.41. The number of nitrogens with zero attached hydrogens (tertiary/aromatic N) is 1. The average Bonchev–Trinajstić information content (AvgIpc) is 2.69. The number of benzene rings is 1. The number of halogens is 2. The minimum absolute atomic E-state index is 0.00701. The van der Waals surface area contributed by atoms with Crippen LogP contribution >= 0.6 is 15.9 Å². The van der Waals surface area contributed by atoms with Gasteiger partial charge in [-0.25, -0.2) is 4.39 Å². The van der Waals surface area contributed by atoms with Crippen LogP contribution < -0.4 is 5.32 Å². The van der Waals surface area contributed by atoms with E-state index in [9.17, 15) is 14.0 Å². The zero-order valence-electron chi connectivity index (χ0n) is 15.8. The first-order chi connectivity index (χ1) is 13.5. The predicted octanol–water partition coefficient (Wildman–Crippen LogP) is 4.42. The molecule has 0 saturated carbocycles. The van der Waals surface area contributed by atoms with Gasteiger partial charge in [0.05, 0.1) is 10.4 Å². The summed E-state index contributed by atoms with van der Waals surface area (Å²) in [5.41, 5.74) is 2.95. The summed E-state index contributed by atoms with van der Waals surface area (Å²) < 4.78 is 14.2. The summed E-state index contributed by atoms with van der Waals surface area (Å²) in [7, 11) is 0. The smallest absolute Gasteiger partial charge is 0.232 e. The normalized spacial score (nSPS) is 25.4. The van der Waals surface area contributed by atoms with Gasteiger partial charge in [-0.05, 0) is 65.7 Å². The summed E-state index contributed by atoms with van der Waals surface area (Å²) in [6.45, 7) is 5.63. The van der Waals surface area contributed by atoms with Gasteiger partial charge < -0.3 is 10.2 Å². The monoisotopic (exact) mass is 446 g/mol. The van der Waals surface area contributed by atoms with Gasteiger partial charge in [-0.1, -0.05) is 12.6 Å². The Bertz CT molecular complexity index is 873. The third-order valence-electron chi connectivity index (χ3n) is 6.02. The van der Waals surface area contributed by atoms with Gasteiger partial charge in [0.15, 0.2) is 5.78 Å². The van der Waals surface area contributed by atoms with E-state index in [1.165, 1.54) is 6.07 Å². The molecule has 2 heterocycles. The maximum atomic E-state index is 13.9. The number of carbonyl (C=O) groups excluding carboxylic acids is 2. The summed E-state index contributed by atoms with van der Waals surface area (Å²) in [6, 6.07) is 4.77. The highest BCUT2D eigenvalue weighted by atomic mass is 79.9. The first-order valence-electron chi connectivity index (χ1n) is 9.93. The Hall–Kier alpha value is -1.95. The van der Waals surface area contributed by atoms with Gasteiger partial charge in [-0.2, -0.15) is 0 Å². The standard InChI is InChI=1S/C22H24BrFN2O2/c1-13-19(22(28)26-10-3-2-4-11-26)20(14-8-9-16(24)15(23)12-14)21-17(25-13)6-5-7-18(21)27/h8-9,12,19-20,25H,1-7,10-11H2. The molecule has 0 radical (unpaired) electrons. The molecular weight excluding hydrogens is 423 g/mol. The van der Waals surface area contributed by atoms with Crippen molar-refractivity contribution in [1.29, 1.82) is 0 Å². The number of nitrogens with one attached hydrogen (secondary N) is 1.